The van der Waals surface area contributed by atoms with Crippen molar-refractivity contribution in [3.63, 3.8) is 0 Å². The highest BCUT2D eigenvalue weighted by Crippen LogP contribution is 2.24. The molecular formula is C13H22N4. The lowest BCUT2D eigenvalue weighted by atomic mass is 10.0. The molecule has 3 N–H and O–H groups in total. The minimum atomic E-state index is 0.412. The summed E-state index contributed by atoms with van der Waals surface area (Å²) in [6, 6.07) is 0. The summed E-state index contributed by atoms with van der Waals surface area (Å²) in [4.78, 5) is 9.09. The second kappa shape index (κ2) is 5.45. The number of nitrogen functional groups attached to an aromatic ring is 1. The van der Waals surface area contributed by atoms with E-state index in [1.54, 1.807) is 0 Å². The van der Waals surface area contributed by atoms with Gasteiger partial charge in [-0.15, -0.1) is 0 Å². The molecule has 0 aliphatic carbocycles. The van der Waals surface area contributed by atoms with Crippen molar-refractivity contribution in [3.8, 4) is 0 Å². The number of nitrogens with two attached hydrogens (primary N) is 1. The number of aromatic nitrogens is 2. The van der Waals surface area contributed by atoms with E-state index in [4.69, 9.17) is 5.73 Å². The van der Waals surface area contributed by atoms with Crippen LogP contribution < -0.4 is 11.1 Å². The van der Waals surface area contributed by atoms with Gasteiger partial charge in [0.25, 0.3) is 0 Å². The van der Waals surface area contributed by atoms with Crippen LogP contribution in [0.15, 0.2) is 0 Å². The van der Waals surface area contributed by atoms with Gasteiger partial charge in [-0.3, -0.25) is 0 Å². The Hall–Kier alpha value is -1.16. The zero-order valence-electron chi connectivity index (χ0n) is 10.8. The van der Waals surface area contributed by atoms with Crippen molar-refractivity contribution in [2.24, 2.45) is 0 Å². The van der Waals surface area contributed by atoms with Gasteiger partial charge in [0.2, 0.25) is 0 Å². The van der Waals surface area contributed by atoms with E-state index in [9.17, 15) is 0 Å². The van der Waals surface area contributed by atoms with Gasteiger partial charge in [-0.05, 0) is 6.42 Å². The van der Waals surface area contributed by atoms with Crippen molar-refractivity contribution >= 4 is 5.82 Å². The maximum absolute atomic E-state index is 5.97. The first-order valence-corrected chi connectivity index (χ1v) is 6.58. The lowest BCUT2D eigenvalue weighted by Gasteiger charge is -2.12. The fourth-order valence-corrected chi connectivity index (χ4v) is 2.26. The van der Waals surface area contributed by atoms with Crippen molar-refractivity contribution in [2.75, 3.05) is 5.73 Å². The number of nitrogens with zero attached hydrogens (tertiary/aromatic N) is 2. The van der Waals surface area contributed by atoms with E-state index >= 15 is 0 Å². The molecule has 1 aromatic heterocycles. The molecule has 0 amide bonds. The van der Waals surface area contributed by atoms with Crippen LogP contribution in [-0.2, 0) is 13.1 Å². The fraction of sp³-hybridized carbons (Fsp3) is 0.692. The third-order valence-electron chi connectivity index (χ3n) is 3.42. The summed E-state index contributed by atoms with van der Waals surface area (Å²) < 4.78 is 0. The van der Waals surface area contributed by atoms with E-state index in [2.05, 4.69) is 29.1 Å². The Labute approximate surface area is 103 Å². The van der Waals surface area contributed by atoms with E-state index in [1.807, 2.05) is 0 Å². The van der Waals surface area contributed by atoms with Crippen LogP contribution in [0.5, 0.6) is 0 Å². The number of rotatable bonds is 5. The van der Waals surface area contributed by atoms with Gasteiger partial charge in [0, 0.05) is 24.6 Å². The van der Waals surface area contributed by atoms with Crippen molar-refractivity contribution in [1.29, 1.82) is 0 Å². The van der Waals surface area contributed by atoms with E-state index in [-0.39, 0.29) is 0 Å². The standard InChI is InChI=1S/C13H22N4/c1-3-4-5-6-9(2)13-16-11-8-15-7-10(11)12(14)17-13/h9,15H,3-8H2,1-2H3,(H2,14,16,17). The normalized spacial score (nSPS) is 15.9. The van der Waals surface area contributed by atoms with Gasteiger partial charge in [-0.1, -0.05) is 33.1 Å². The summed E-state index contributed by atoms with van der Waals surface area (Å²) in [7, 11) is 0. The first-order chi connectivity index (χ1) is 8.22. The van der Waals surface area contributed by atoms with Gasteiger partial charge in [-0.25, -0.2) is 9.97 Å². The summed E-state index contributed by atoms with van der Waals surface area (Å²) in [5, 5.41) is 3.26. The molecule has 4 nitrogen and oxygen atoms in total. The van der Waals surface area contributed by atoms with Gasteiger partial charge in [0.15, 0.2) is 0 Å². The molecule has 2 heterocycles. The molecule has 0 aromatic carbocycles. The Kier molecular flexibility index (Phi) is 3.94. The number of fused-ring (bicyclic) bond motifs is 1. The minimum Gasteiger partial charge on any atom is -0.383 e. The molecule has 1 aliphatic heterocycles. The molecular weight excluding hydrogens is 212 g/mol. The first kappa shape index (κ1) is 12.3. The monoisotopic (exact) mass is 234 g/mol. The third-order valence-corrected chi connectivity index (χ3v) is 3.42. The Bertz CT molecular complexity index is 389. The van der Waals surface area contributed by atoms with Crippen LogP contribution in [0.3, 0.4) is 0 Å². The van der Waals surface area contributed by atoms with E-state index in [0.29, 0.717) is 11.7 Å². The van der Waals surface area contributed by atoms with Crippen LogP contribution in [0.25, 0.3) is 0 Å². The van der Waals surface area contributed by atoms with Gasteiger partial charge >= 0.3 is 0 Å². The molecule has 0 saturated heterocycles. The average molecular weight is 234 g/mol. The van der Waals surface area contributed by atoms with Gasteiger partial charge in [0.05, 0.1) is 5.69 Å². The topological polar surface area (TPSA) is 63.8 Å². The van der Waals surface area contributed by atoms with E-state index in [0.717, 1.165) is 36.6 Å². The maximum Gasteiger partial charge on any atom is 0.133 e. The summed E-state index contributed by atoms with van der Waals surface area (Å²) in [5.74, 6) is 1.99. The number of anilines is 1. The molecule has 94 valence electrons. The van der Waals surface area contributed by atoms with Crippen LogP contribution in [0.2, 0.25) is 0 Å². The average Bonchev–Trinajstić information content (AvgIpc) is 2.77. The molecule has 1 unspecified atom stereocenters. The molecule has 0 saturated carbocycles. The lowest BCUT2D eigenvalue weighted by Crippen LogP contribution is -2.08. The number of nitrogens with one attached hydrogen (secondary N) is 1. The molecule has 1 aromatic rings. The Morgan fingerprint density at radius 3 is 2.88 bits per heavy atom. The van der Waals surface area contributed by atoms with Crippen molar-refractivity contribution < 1.29 is 0 Å². The Morgan fingerprint density at radius 2 is 2.12 bits per heavy atom. The quantitative estimate of drug-likeness (QED) is 0.768. The maximum atomic E-state index is 5.97. The largest absolute Gasteiger partial charge is 0.383 e. The van der Waals surface area contributed by atoms with Crippen molar-refractivity contribution in [3.05, 3.63) is 17.1 Å². The summed E-state index contributed by atoms with van der Waals surface area (Å²) in [6.45, 7) is 6.06. The SMILES string of the molecule is CCCCCC(C)c1nc(N)c2c(n1)CNC2. The fourth-order valence-electron chi connectivity index (χ4n) is 2.26. The second-order valence-corrected chi connectivity index (χ2v) is 4.89. The minimum absolute atomic E-state index is 0.412. The van der Waals surface area contributed by atoms with Gasteiger partial charge in [-0.2, -0.15) is 0 Å². The highest BCUT2D eigenvalue weighted by Gasteiger charge is 2.19. The Morgan fingerprint density at radius 1 is 1.29 bits per heavy atom. The predicted molar refractivity (Wildman–Crippen MR) is 69.5 cm³/mol. The van der Waals surface area contributed by atoms with Crippen LogP contribution >= 0.6 is 0 Å². The molecule has 4 heteroatoms. The summed E-state index contributed by atoms with van der Waals surface area (Å²) in [6.07, 6.45) is 4.94. The highest BCUT2D eigenvalue weighted by molar-refractivity contribution is 5.44. The van der Waals surface area contributed by atoms with Crippen LogP contribution in [0.1, 0.15) is 62.5 Å². The van der Waals surface area contributed by atoms with Crippen LogP contribution in [-0.4, -0.2) is 9.97 Å². The molecule has 17 heavy (non-hydrogen) atoms. The molecule has 1 aliphatic rings. The van der Waals surface area contributed by atoms with Gasteiger partial charge < -0.3 is 11.1 Å². The van der Waals surface area contributed by atoms with Gasteiger partial charge in [0.1, 0.15) is 11.6 Å². The molecule has 0 bridgehead atoms. The second-order valence-electron chi connectivity index (χ2n) is 4.89. The molecule has 0 radical (unpaired) electrons. The number of hydrogen-bond acceptors (Lipinski definition) is 4. The predicted octanol–water partition coefficient (Wildman–Crippen LogP) is 2.35. The van der Waals surface area contributed by atoms with Crippen LogP contribution in [0, 0.1) is 0 Å². The molecule has 1 atom stereocenters. The van der Waals surface area contributed by atoms with Crippen molar-refractivity contribution in [1.82, 2.24) is 15.3 Å². The summed E-state index contributed by atoms with van der Waals surface area (Å²) in [5.41, 5.74) is 8.16. The van der Waals surface area contributed by atoms with E-state index < -0.39 is 0 Å². The van der Waals surface area contributed by atoms with Crippen molar-refractivity contribution in [2.45, 2.75) is 58.5 Å². The lowest BCUT2D eigenvalue weighted by molar-refractivity contribution is 0.574. The smallest absolute Gasteiger partial charge is 0.133 e. The molecule has 0 spiro atoms. The Balaban J connectivity index is 2.08. The van der Waals surface area contributed by atoms with Crippen LogP contribution in [0.4, 0.5) is 5.82 Å². The zero-order valence-corrected chi connectivity index (χ0v) is 10.8. The number of unbranched alkanes of at least 4 members (excludes halogenated alkanes) is 2. The zero-order chi connectivity index (χ0) is 12.3. The highest BCUT2D eigenvalue weighted by atomic mass is 15.0. The van der Waals surface area contributed by atoms with E-state index in [1.165, 1.54) is 19.3 Å². The number of hydrogen-bond donors (Lipinski definition) is 2. The summed E-state index contributed by atoms with van der Waals surface area (Å²) >= 11 is 0. The first-order valence-electron chi connectivity index (χ1n) is 6.58. The molecule has 2 rings (SSSR count). The molecule has 0 fully saturated rings. The third kappa shape index (κ3) is 2.75.